The molecule has 1 unspecified atom stereocenters. The van der Waals surface area contributed by atoms with Crippen molar-refractivity contribution in [1.29, 1.82) is 0 Å². The molecule has 2 saturated heterocycles. The Hall–Kier alpha value is 0.354. The van der Waals surface area contributed by atoms with Crippen LogP contribution in [0.2, 0.25) is 39.3 Å². The van der Waals surface area contributed by atoms with Crippen molar-refractivity contribution in [3.8, 4) is 0 Å². The molecule has 2 aliphatic heterocycles. The first-order chi connectivity index (χ1) is 17.3. The maximum Gasteiger partial charge on any atom is 0.0774 e. The van der Waals surface area contributed by atoms with Crippen LogP contribution in [0.1, 0.15) is 65.5 Å². The van der Waals surface area contributed by atoms with Crippen molar-refractivity contribution in [3.63, 3.8) is 0 Å². The fourth-order valence-corrected chi connectivity index (χ4v) is 16.0. The second-order valence-electron chi connectivity index (χ2n) is 15.8. The number of hydrogen-bond donors (Lipinski definition) is 4. The first-order valence-electron chi connectivity index (χ1n) is 15.0. The van der Waals surface area contributed by atoms with Gasteiger partial charge in [-0.15, -0.1) is 9.24 Å². The van der Waals surface area contributed by atoms with E-state index in [1.54, 1.807) is 21.5 Å². The Morgan fingerprint density at radius 3 is 1.42 bits per heavy atom. The van der Waals surface area contributed by atoms with E-state index in [0.717, 1.165) is 26.2 Å². The van der Waals surface area contributed by atoms with E-state index >= 15 is 0 Å². The van der Waals surface area contributed by atoms with Crippen molar-refractivity contribution in [2.24, 2.45) is 0 Å². The van der Waals surface area contributed by atoms with Crippen LogP contribution in [0.3, 0.4) is 0 Å². The summed E-state index contributed by atoms with van der Waals surface area (Å²) in [5, 5.41) is 19.4. The van der Waals surface area contributed by atoms with Gasteiger partial charge in [-0.3, -0.25) is 0 Å². The fourth-order valence-electron chi connectivity index (χ4n) is 6.53. The van der Waals surface area contributed by atoms with E-state index < -0.39 is 16.1 Å². The molecule has 0 radical (unpaired) electrons. The van der Waals surface area contributed by atoms with E-state index in [1.807, 2.05) is 0 Å². The first kappa shape index (κ1) is 32.9. The van der Waals surface area contributed by atoms with Crippen molar-refractivity contribution >= 4 is 43.7 Å². The van der Waals surface area contributed by atoms with Gasteiger partial charge in [0.15, 0.2) is 0 Å². The molecule has 1 aromatic rings. The highest BCUT2D eigenvalue weighted by atomic mass is 31.1. The predicted molar refractivity (Wildman–Crippen MR) is 183 cm³/mol. The van der Waals surface area contributed by atoms with Crippen LogP contribution in [0.4, 0.5) is 0 Å². The summed E-state index contributed by atoms with van der Waals surface area (Å²) in [4.78, 5) is 0. The number of nitrogens with one attached hydrogen (secondary N) is 4. The Balaban J connectivity index is 2.36. The van der Waals surface area contributed by atoms with Crippen LogP contribution in [0, 0.1) is 0 Å². The molecule has 2 aliphatic rings. The molecule has 0 aromatic heterocycles. The van der Waals surface area contributed by atoms with E-state index in [1.165, 1.54) is 19.0 Å². The lowest BCUT2D eigenvalue weighted by atomic mass is 9.86. The lowest BCUT2D eigenvalue weighted by Crippen LogP contribution is -2.69. The largest absolute Gasteiger partial charge is 0.301 e. The average molecular weight is 595 g/mol. The summed E-state index contributed by atoms with van der Waals surface area (Å²) in [6.07, 6.45) is 3.95. The molecule has 2 heterocycles. The molecule has 38 heavy (non-hydrogen) atoms. The van der Waals surface area contributed by atoms with E-state index in [9.17, 15) is 0 Å². The Bertz CT molecular complexity index is 913. The van der Waals surface area contributed by atoms with Gasteiger partial charge in [0.1, 0.15) is 0 Å². The number of benzene rings is 1. The molecular weight excluding hydrogens is 534 g/mol. The molecule has 1 aromatic carbocycles. The Morgan fingerprint density at radius 2 is 1.08 bits per heavy atom. The Labute approximate surface area is 241 Å². The zero-order chi connectivity index (χ0) is 28.7. The zero-order valence-corrected chi connectivity index (χ0v) is 30.8. The van der Waals surface area contributed by atoms with Crippen LogP contribution in [0.25, 0.3) is 0 Å². The normalized spacial score (nSPS) is 19.8. The summed E-state index contributed by atoms with van der Waals surface area (Å²) < 4.78 is 0. The number of rotatable bonds is 7. The van der Waals surface area contributed by atoms with Crippen molar-refractivity contribution in [1.82, 2.24) is 21.3 Å². The van der Waals surface area contributed by atoms with Crippen LogP contribution in [0.15, 0.2) is 12.1 Å². The monoisotopic (exact) mass is 594 g/mol. The molecule has 4 nitrogen and oxygen atoms in total. The molecular formula is C30H60N4P2Si2. The summed E-state index contributed by atoms with van der Waals surface area (Å²) in [7, 11) is 0.0167. The van der Waals surface area contributed by atoms with Crippen molar-refractivity contribution < 1.29 is 0 Å². The Morgan fingerprint density at radius 1 is 0.711 bits per heavy atom. The number of hydrogen-bond acceptors (Lipinski definition) is 4. The van der Waals surface area contributed by atoms with Gasteiger partial charge in [-0.05, 0) is 66.6 Å². The molecule has 0 aliphatic carbocycles. The van der Waals surface area contributed by atoms with Gasteiger partial charge in [-0.2, -0.15) is 0 Å². The van der Waals surface area contributed by atoms with Gasteiger partial charge in [0.05, 0.1) is 33.6 Å². The molecule has 3 rings (SSSR count). The van der Waals surface area contributed by atoms with Crippen LogP contribution >= 0.6 is 17.2 Å². The van der Waals surface area contributed by atoms with Gasteiger partial charge < -0.3 is 21.3 Å². The van der Waals surface area contributed by atoms with Gasteiger partial charge >= 0.3 is 0 Å². The van der Waals surface area contributed by atoms with Crippen molar-refractivity contribution in [2.75, 3.05) is 26.2 Å². The summed E-state index contributed by atoms with van der Waals surface area (Å²) in [6.45, 7) is 34.4. The van der Waals surface area contributed by atoms with Crippen molar-refractivity contribution in [2.45, 2.75) is 128 Å². The minimum Gasteiger partial charge on any atom is -0.301 e. The van der Waals surface area contributed by atoms with Gasteiger partial charge in [0.25, 0.3) is 0 Å². The SMILES string of the molecule is CC(C)(C)P(Cc1cc([Si](C)(C)C)c([Si](C)(C)C)cc1C(P)(C1NCCCN1)C1NCCCN1)C(C)(C)C. The second-order valence-corrected chi connectivity index (χ2v) is 30.7. The lowest BCUT2D eigenvalue weighted by Gasteiger charge is -2.50. The topological polar surface area (TPSA) is 48.1 Å². The van der Waals surface area contributed by atoms with E-state index in [2.05, 4.69) is 123 Å². The predicted octanol–water partition coefficient (Wildman–Crippen LogP) is 5.24. The minimum absolute atomic E-state index is 0.195. The smallest absolute Gasteiger partial charge is 0.0774 e. The third-order valence-corrected chi connectivity index (χ3v) is 17.5. The van der Waals surface area contributed by atoms with Gasteiger partial charge in [-0.1, -0.05) is 111 Å². The lowest BCUT2D eigenvalue weighted by molar-refractivity contribution is 0.206. The van der Waals surface area contributed by atoms with Crippen LogP contribution in [-0.4, -0.2) is 65.0 Å². The highest BCUT2D eigenvalue weighted by molar-refractivity contribution is 7.60. The molecule has 0 spiro atoms. The van der Waals surface area contributed by atoms with Crippen LogP contribution in [0.5, 0.6) is 0 Å². The van der Waals surface area contributed by atoms with E-state index in [4.69, 9.17) is 0 Å². The second kappa shape index (κ2) is 11.9. The minimum atomic E-state index is -1.58. The Kier molecular flexibility index (Phi) is 10.3. The third-order valence-electron chi connectivity index (χ3n) is 8.33. The molecule has 1 atom stereocenters. The highest BCUT2D eigenvalue weighted by Gasteiger charge is 2.47. The van der Waals surface area contributed by atoms with E-state index in [-0.39, 0.29) is 35.7 Å². The molecule has 4 N–H and O–H groups in total. The molecule has 8 heteroatoms. The summed E-state index contributed by atoms with van der Waals surface area (Å²) in [5.41, 5.74) is 3.14. The maximum absolute atomic E-state index is 3.91. The summed E-state index contributed by atoms with van der Waals surface area (Å²) in [6, 6.07) is 5.45. The van der Waals surface area contributed by atoms with Crippen molar-refractivity contribution in [3.05, 3.63) is 23.3 Å². The van der Waals surface area contributed by atoms with Crippen LogP contribution < -0.4 is 31.6 Å². The fraction of sp³-hybridized carbons (Fsp3) is 0.800. The summed E-state index contributed by atoms with van der Waals surface area (Å²) in [5.74, 6) is 0. The molecule has 2 fully saturated rings. The molecule has 0 bridgehead atoms. The third kappa shape index (κ3) is 7.40. The van der Waals surface area contributed by atoms with Gasteiger partial charge in [0.2, 0.25) is 0 Å². The van der Waals surface area contributed by atoms with Gasteiger partial charge in [-0.25, -0.2) is 0 Å². The standard InChI is InChI=1S/C30H60N4P2Si2/c1-28(2,3)36(29(4,5)6)21-22-19-24(37(7,8)9)25(38(10,11)12)20-23(22)30(35,26-31-15-13-16-32-26)27-33-17-14-18-34-27/h19-20,26-27,31-34H,13-18,21,35H2,1-12H3. The first-order valence-corrected chi connectivity index (χ1v) is 24.1. The van der Waals surface area contributed by atoms with Gasteiger partial charge in [0, 0.05) is 0 Å². The molecule has 0 saturated carbocycles. The van der Waals surface area contributed by atoms with Crippen LogP contribution in [-0.2, 0) is 11.3 Å². The zero-order valence-electron chi connectivity index (χ0n) is 26.8. The van der Waals surface area contributed by atoms with E-state index in [0.29, 0.717) is 0 Å². The highest BCUT2D eigenvalue weighted by Crippen LogP contribution is 2.62. The average Bonchev–Trinajstić information content (AvgIpc) is 2.80. The maximum atomic E-state index is 3.91. The quantitative estimate of drug-likeness (QED) is 0.258. The molecule has 218 valence electrons. The molecule has 0 amide bonds. The summed E-state index contributed by atoms with van der Waals surface area (Å²) >= 11 is 0.